The number of hydrogen-bond donors (Lipinski definition) is 2. The minimum Gasteiger partial charge on any atom is -0.481 e. The molecule has 0 aromatic heterocycles. The van der Waals surface area contributed by atoms with E-state index in [4.69, 9.17) is 26.7 Å². The smallest absolute Gasteiger partial charge is 0.339 e. The number of ether oxygens (including phenoxy) is 1. The molecular weight excluding hydrogens is 272 g/mol. The highest BCUT2D eigenvalue weighted by atomic mass is 35.5. The standard InChI is InChI=1S/C12H11ClN2O4/c13-9-4-1-3-8(12(17)18)11(9)19-7-10(16)15-6-2-5-14/h1,3-4H,2,6-7H2,(H,15,16)(H,17,18). The Labute approximate surface area is 114 Å². The summed E-state index contributed by atoms with van der Waals surface area (Å²) in [6.45, 7) is -0.150. The summed E-state index contributed by atoms with van der Waals surface area (Å²) in [5.74, 6) is -1.69. The Bertz CT molecular complexity index is 525. The number of carboxylic acids is 1. The molecule has 0 unspecified atom stereocenters. The second-order valence-electron chi connectivity index (χ2n) is 3.47. The molecule has 1 aromatic carbocycles. The molecule has 0 radical (unpaired) electrons. The maximum absolute atomic E-state index is 11.3. The number of hydrogen-bond acceptors (Lipinski definition) is 4. The van der Waals surface area contributed by atoms with Crippen molar-refractivity contribution >= 4 is 23.5 Å². The van der Waals surface area contributed by atoms with Crippen LogP contribution in [-0.4, -0.2) is 30.1 Å². The summed E-state index contributed by atoms with van der Waals surface area (Å²) in [6, 6.07) is 6.15. The number of benzene rings is 1. The van der Waals surface area contributed by atoms with Crippen LogP contribution in [0.3, 0.4) is 0 Å². The number of carbonyl (C=O) groups excluding carboxylic acids is 1. The molecule has 7 heteroatoms. The Morgan fingerprint density at radius 1 is 1.47 bits per heavy atom. The summed E-state index contributed by atoms with van der Waals surface area (Å²) >= 11 is 5.82. The molecule has 6 nitrogen and oxygen atoms in total. The van der Waals surface area contributed by atoms with Crippen LogP contribution in [0.15, 0.2) is 18.2 Å². The lowest BCUT2D eigenvalue weighted by Crippen LogP contribution is -2.29. The van der Waals surface area contributed by atoms with Gasteiger partial charge in [-0.2, -0.15) is 5.26 Å². The van der Waals surface area contributed by atoms with Crippen molar-refractivity contribution in [2.24, 2.45) is 0 Å². The summed E-state index contributed by atoms with van der Waals surface area (Å²) in [4.78, 5) is 22.3. The highest BCUT2D eigenvalue weighted by Gasteiger charge is 2.15. The molecule has 0 fully saturated rings. The average molecular weight is 283 g/mol. The Balaban J connectivity index is 2.65. The van der Waals surface area contributed by atoms with Gasteiger partial charge in [-0.05, 0) is 12.1 Å². The highest BCUT2D eigenvalue weighted by molar-refractivity contribution is 6.32. The molecule has 1 amide bonds. The Hall–Kier alpha value is -2.26. The minimum atomic E-state index is -1.19. The summed E-state index contributed by atoms with van der Waals surface area (Å²) in [5.41, 5.74) is -0.114. The van der Waals surface area contributed by atoms with Crippen molar-refractivity contribution < 1.29 is 19.4 Å². The van der Waals surface area contributed by atoms with E-state index in [1.54, 1.807) is 0 Å². The van der Waals surface area contributed by atoms with Crippen LogP contribution in [0, 0.1) is 11.3 Å². The van der Waals surface area contributed by atoms with Crippen LogP contribution in [0.2, 0.25) is 5.02 Å². The normalized spacial score (nSPS) is 9.47. The second kappa shape index (κ2) is 7.24. The van der Waals surface area contributed by atoms with Crippen molar-refractivity contribution in [2.75, 3.05) is 13.2 Å². The van der Waals surface area contributed by atoms with Crippen molar-refractivity contribution in [1.29, 1.82) is 5.26 Å². The number of carbonyl (C=O) groups is 2. The van der Waals surface area contributed by atoms with Gasteiger partial charge in [-0.25, -0.2) is 4.79 Å². The Morgan fingerprint density at radius 3 is 2.84 bits per heavy atom. The molecule has 100 valence electrons. The SMILES string of the molecule is N#CCCNC(=O)COc1c(Cl)cccc1C(=O)O. The van der Waals surface area contributed by atoms with E-state index >= 15 is 0 Å². The van der Waals surface area contributed by atoms with E-state index < -0.39 is 11.9 Å². The van der Waals surface area contributed by atoms with Crippen LogP contribution >= 0.6 is 11.6 Å². The van der Waals surface area contributed by atoms with Gasteiger partial charge in [-0.1, -0.05) is 17.7 Å². The summed E-state index contributed by atoms with van der Waals surface area (Å²) in [5, 5.41) is 19.8. The molecule has 0 bridgehead atoms. The number of amides is 1. The summed E-state index contributed by atoms with van der Waals surface area (Å²) in [7, 11) is 0. The van der Waals surface area contributed by atoms with Gasteiger partial charge in [0.1, 0.15) is 5.56 Å². The number of carboxylic acid groups (broad SMARTS) is 1. The first-order valence-corrected chi connectivity index (χ1v) is 5.72. The Morgan fingerprint density at radius 2 is 2.21 bits per heavy atom. The molecule has 0 aliphatic carbocycles. The van der Waals surface area contributed by atoms with Gasteiger partial charge in [0.15, 0.2) is 12.4 Å². The number of para-hydroxylation sites is 1. The van der Waals surface area contributed by atoms with E-state index in [0.29, 0.717) is 0 Å². The van der Waals surface area contributed by atoms with E-state index in [-0.39, 0.29) is 35.9 Å². The van der Waals surface area contributed by atoms with E-state index in [1.165, 1.54) is 18.2 Å². The predicted molar refractivity (Wildman–Crippen MR) is 67.1 cm³/mol. The Kier molecular flexibility index (Phi) is 5.64. The van der Waals surface area contributed by atoms with Crippen molar-refractivity contribution in [3.63, 3.8) is 0 Å². The molecule has 2 N–H and O–H groups in total. The van der Waals surface area contributed by atoms with Gasteiger partial charge in [-0.3, -0.25) is 4.79 Å². The average Bonchev–Trinajstić information content (AvgIpc) is 2.37. The van der Waals surface area contributed by atoms with E-state index in [9.17, 15) is 9.59 Å². The van der Waals surface area contributed by atoms with Crippen molar-refractivity contribution in [2.45, 2.75) is 6.42 Å². The molecule has 0 aliphatic rings. The second-order valence-corrected chi connectivity index (χ2v) is 3.88. The van der Waals surface area contributed by atoms with Crippen molar-refractivity contribution in [1.82, 2.24) is 5.32 Å². The summed E-state index contributed by atoms with van der Waals surface area (Å²) < 4.78 is 5.11. The largest absolute Gasteiger partial charge is 0.481 e. The zero-order chi connectivity index (χ0) is 14.3. The lowest BCUT2D eigenvalue weighted by atomic mass is 10.2. The molecule has 0 saturated heterocycles. The van der Waals surface area contributed by atoms with Crippen LogP contribution < -0.4 is 10.1 Å². The lowest BCUT2D eigenvalue weighted by molar-refractivity contribution is -0.123. The molecular formula is C12H11ClN2O4. The van der Waals surface area contributed by atoms with Crippen LogP contribution in [0.25, 0.3) is 0 Å². The van der Waals surface area contributed by atoms with Crippen molar-refractivity contribution in [3.05, 3.63) is 28.8 Å². The first kappa shape index (κ1) is 14.8. The third-order valence-electron chi connectivity index (χ3n) is 2.10. The number of nitriles is 1. The minimum absolute atomic E-state index is 0.0490. The monoisotopic (exact) mass is 282 g/mol. The van der Waals surface area contributed by atoms with Gasteiger partial charge in [0.05, 0.1) is 17.5 Å². The quantitative estimate of drug-likeness (QED) is 0.769. The molecule has 0 aliphatic heterocycles. The molecule has 19 heavy (non-hydrogen) atoms. The van der Waals surface area contributed by atoms with Gasteiger partial charge in [0, 0.05) is 6.54 Å². The number of nitrogens with one attached hydrogen (secondary N) is 1. The third-order valence-corrected chi connectivity index (χ3v) is 2.40. The number of nitrogens with zero attached hydrogens (tertiary/aromatic N) is 1. The van der Waals surface area contributed by atoms with E-state index in [2.05, 4.69) is 5.32 Å². The first-order chi connectivity index (χ1) is 9.06. The van der Waals surface area contributed by atoms with Gasteiger partial charge in [-0.15, -0.1) is 0 Å². The van der Waals surface area contributed by atoms with Crippen LogP contribution in [-0.2, 0) is 4.79 Å². The van der Waals surface area contributed by atoms with Gasteiger partial charge in [0.2, 0.25) is 0 Å². The molecule has 0 spiro atoms. The topological polar surface area (TPSA) is 99.4 Å². The number of aromatic carboxylic acids is 1. The molecule has 1 rings (SSSR count). The zero-order valence-electron chi connectivity index (χ0n) is 9.85. The molecule has 0 heterocycles. The summed E-state index contributed by atoms with van der Waals surface area (Å²) in [6.07, 6.45) is 0.193. The fourth-order valence-electron chi connectivity index (χ4n) is 1.27. The molecule has 0 atom stereocenters. The fourth-order valence-corrected chi connectivity index (χ4v) is 1.50. The molecule has 1 aromatic rings. The van der Waals surface area contributed by atoms with Crippen molar-refractivity contribution in [3.8, 4) is 11.8 Å². The fraction of sp³-hybridized carbons (Fsp3) is 0.250. The van der Waals surface area contributed by atoms with Crippen LogP contribution in [0.1, 0.15) is 16.8 Å². The maximum Gasteiger partial charge on any atom is 0.339 e. The highest BCUT2D eigenvalue weighted by Crippen LogP contribution is 2.28. The first-order valence-electron chi connectivity index (χ1n) is 5.34. The predicted octanol–water partition coefficient (Wildman–Crippen LogP) is 1.45. The zero-order valence-corrected chi connectivity index (χ0v) is 10.6. The van der Waals surface area contributed by atoms with Gasteiger partial charge < -0.3 is 15.2 Å². The third kappa shape index (κ3) is 4.48. The van der Waals surface area contributed by atoms with Gasteiger partial charge in [0.25, 0.3) is 5.91 Å². The number of rotatable bonds is 6. The number of halogens is 1. The lowest BCUT2D eigenvalue weighted by Gasteiger charge is -2.10. The van der Waals surface area contributed by atoms with Crippen LogP contribution in [0.4, 0.5) is 0 Å². The van der Waals surface area contributed by atoms with E-state index in [1.807, 2.05) is 6.07 Å². The maximum atomic E-state index is 11.3. The van der Waals surface area contributed by atoms with Gasteiger partial charge >= 0.3 is 5.97 Å². The van der Waals surface area contributed by atoms with E-state index in [0.717, 1.165) is 0 Å². The van der Waals surface area contributed by atoms with Crippen LogP contribution in [0.5, 0.6) is 5.75 Å². The molecule has 0 saturated carbocycles.